The van der Waals surface area contributed by atoms with Crippen molar-refractivity contribution in [2.45, 2.75) is 6.92 Å². The molecule has 0 atom stereocenters. The summed E-state index contributed by atoms with van der Waals surface area (Å²) >= 11 is 0. The maximum absolute atomic E-state index is 9.41. The number of rotatable bonds is 1. The highest BCUT2D eigenvalue weighted by molar-refractivity contribution is 5.87. The minimum atomic E-state index is -0.00505. The first-order chi connectivity index (χ1) is 6.24. The highest BCUT2D eigenvalue weighted by Crippen LogP contribution is 2.33. The van der Waals surface area contributed by atoms with Gasteiger partial charge < -0.3 is 9.84 Å². The first-order valence-corrected chi connectivity index (χ1v) is 3.67. The average molecular weight is 182 g/mol. The van der Waals surface area contributed by atoms with Crippen molar-refractivity contribution in [3.63, 3.8) is 0 Å². The van der Waals surface area contributed by atoms with Crippen LogP contribution in [0.15, 0.2) is 15.2 Å². The second-order valence-electron chi connectivity index (χ2n) is 2.58. The Morgan fingerprint density at radius 1 is 1.54 bits per heavy atom. The van der Waals surface area contributed by atoms with Crippen LogP contribution in [0.5, 0.6) is 11.7 Å². The number of fused-ring (bicyclic) bond motifs is 1. The van der Waals surface area contributed by atoms with Gasteiger partial charge in [0, 0.05) is 0 Å². The van der Waals surface area contributed by atoms with E-state index in [0.717, 1.165) is 0 Å². The van der Waals surface area contributed by atoms with Crippen molar-refractivity contribution < 1.29 is 18.8 Å². The number of aryl methyl sites for hydroxylation is 1. The van der Waals surface area contributed by atoms with Crippen molar-refractivity contribution in [2.24, 2.45) is 0 Å². The molecular weight excluding hydrogens is 174 g/mol. The maximum atomic E-state index is 9.41. The lowest BCUT2D eigenvalue weighted by Crippen LogP contribution is -1.82. The van der Waals surface area contributed by atoms with Gasteiger partial charge in [-0.1, -0.05) is 12.6 Å². The zero-order valence-corrected chi connectivity index (χ0v) is 7.20. The first kappa shape index (κ1) is 7.85. The molecule has 0 aliphatic heterocycles. The quantitative estimate of drug-likeness (QED) is 0.678. The third-order valence-electron chi connectivity index (χ3n) is 1.77. The minimum Gasteiger partial charge on any atom is -0.502 e. The molecule has 2 aromatic heterocycles. The Hall–Kier alpha value is -1.78. The van der Waals surface area contributed by atoms with Gasteiger partial charge in [0.2, 0.25) is 0 Å². The van der Waals surface area contributed by atoms with E-state index in [1.807, 2.05) is 0 Å². The summed E-state index contributed by atoms with van der Waals surface area (Å²) in [4.78, 5) is 0. The molecule has 5 heteroatoms. The second-order valence-corrected chi connectivity index (χ2v) is 2.58. The third-order valence-corrected chi connectivity index (χ3v) is 1.77. The minimum absolute atomic E-state index is 0.00505. The fourth-order valence-electron chi connectivity index (χ4n) is 1.17. The highest BCUT2D eigenvalue weighted by Gasteiger charge is 2.28. The molecule has 0 spiro atoms. The molecule has 0 aliphatic carbocycles. The molecule has 0 unspecified atom stereocenters. The molecule has 2 rings (SSSR count). The topological polar surface area (TPSA) is 66.2 Å². The third kappa shape index (κ3) is 1.00. The number of nitrogens with zero attached hydrogens (tertiary/aromatic N) is 1. The summed E-state index contributed by atoms with van der Waals surface area (Å²) in [6, 6.07) is 0. The van der Waals surface area contributed by atoms with Gasteiger partial charge in [0.15, 0.2) is 12.9 Å². The Morgan fingerprint density at radius 3 is 3.00 bits per heavy atom. The lowest BCUT2D eigenvalue weighted by Gasteiger charge is -1.88. The highest BCUT2D eigenvalue weighted by atomic mass is 16.6. The Bertz CT molecular complexity index is 449. The van der Waals surface area contributed by atoms with E-state index in [4.69, 9.17) is 13.7 Å². The maximum Gasteiger partial charge on any atom is 0.627 e. The monoisotopic (exact) mass is 182 g/mol. The van der Waals surface area contributed by atoms with Gasteiger partial charge in [-0.3, -0.25) is 14.1 Å². The van der Waals surface area contributed by atoms with Crippen LogP contribution >= 0.6 is 0 Å². The number of hydrogen-bond acceptors (Lipinski definition) is 2. The van der Waals surface area contributed by atoms with Crippen molar-refractivity contribution in [3.05, 3.63) is 12.0 Å². The predicted octanol–water partition coefficient (Wildman–Crippen LogP) is 1.57. The smallest absolute Gasteiger partial charge is 0.502 e. The van der Waals surface area contributed by atoms with Gasteiger partial charge in [-0.05, 0) is 0 Å². The number of aromatic hydroxyl groups is 1. The average Bonchev–Trinajstić information content (AvgIpc) is 2.50. The lowest BCUT2D eigenvalue weighted by atomic mass is 10.2. The van der Waals surface area contributed by atoms with Crippen LogP contribution in [0.1, 0.15) is 5.69 Å². The summed E-state index contributed by atoms with van der Waals surface area (Å²) in [7, 11) is 1.45. The van der Waals surface area contributed by atoms with E-state index in [2.05, 4.69) is 5.16 Å². The molecule has 0 amide bonds. The molecular formula is C8H8NO4+. The molecule has 13 heavy (non-hydrogen) atoms. The summed E-state index contributed by atoms with van der Waals surface area (Å²) in [5.74, 6) is 0.197. The van der Waals surface area contributed by atoms with Crippen LogP contribution in [0.3, 0.4) is 0 Å². The lowest BCUT2D eigenvalue weighted by molar-refractivity contribution is 0.284. The van der Waals surface area contributed by atoms with E-state index < -0.39 is 0 Å². The Kier molecular flexibility index (Phi) is 1.58. The molecule has 2 heterocycles. The molecule has 5 nitrogen and oxygen atoms in total. The van der Waals surface area contributed by atoms with Gasteiger partial charge in [-0.2, -0.15) is 0 Å². The molecule has 0 radical (unpaired) electrons. The van der Waals surface area contributed by atoms with Gasteiger partial charge in [-0.25, -0.2) is 0 Å². The normalized spacial score (nSPS) is 10.6. The standard InChI is InChI=1S/C8H7NO4/c1-4-6-5(10)3-12-8(11-2)7(6)13-9-4/h3H,1-2H3/p+1. The number of methoxy groups -OCH3 is 1. The Morgan fingerprint density at radius 2 is 2.31 bits per heavy atom. The number of hydrogen-bond donors (Lipinski definition) is 1. The number of ether oxygens (including phenoxy) is 1. The van der Waals surface area contributed by atoms with Crippen LogP contribution < -0.4 is 9.89 Å². The van der Waals surface area contributed by atoms with Crippen LogP contribution in [0.25, 0.3) is 11.0 Å². The van der Waals surface area contributed by atoms with Crippen LogP contribution in [-0.4, -0.2) is 12.2 Å². The molecule has 0 saturated heterocycles. The van der Waals surface area contributed by atoms with Gasteiger partial charge in [0.1, 0.15) is 5.39 Å². The Labute approximate surface area is 73.5 Å². The Balaban J connectivity index is 2.87. The first-order valence-electron chi connectivity index (χ1n) is 3.67. The van der Waals surface area contributed by atoms with Crippen molar-refractivity contribution in [2.75, 3.05) is 7.11 Å². The molecule has 0 bridgehead atoms. The van der Waals surface area contributed by atoms with Crippen molar-refractivity contribution in [3.8, 4) is 11.7 Å². The predicted molar refractivity (Wildman–Crippen MR) is 43.6 cm³/mol. The van der Waals surface area contributed by atoms with E-state index in [-0.39, 0.29) is 11.7 Å². The van der Waals surface area contributed by atoms with Gasteiger partial charge in [-0.15, -0.1) is 0 Å². The summed E-state index contributed by atoms with van der Waals surface area (Å²) in [5.41, 5.74) is 0.918. The van der Waals surface area contributed by atoms with E-state index in [9.17, 15) is 5.11 Å². The summed E-state index contributed by atoms with van der Waals surface area (Å²) in [6.45, 7) is 1.73. The van der Waals surface area contributed by atoms with E-state index in [0.29, 0.717) is 16.7 Å². The van der Waals surface area contributed by atoms with Crippen LogP contribution in [0.4, 0.5) is 0 Å². The fourth-order valence-corrected chi connectivity index (χ4v) is 1.17. The van der Waals surface area contributed by atoms with Gasteiger partial charge >= 0.3 is 11.5 Å². The van der Waals surface area contributed by atoms with E-state index in [1.54, 1.807) is 6.92 Å². The zero-order valence-electron chi connectivity index (χ0n) is 7.20. The molecule has 0 aromatic carbocycles. The molecule has 68 valence electrons. The molecule has 1 N–H and O–H groups in total. The van der Waals surface area contributed by atoms with Gasteiger partial charge in [0.25, 0.3) is 6.26 Å². The molecule has 2 aromatic rings. The molecule has 0 fully saturated rings. The van der Waals surface area contributed by atoms with Crippen LogP contribution in [0, 0.1) is 6.92 Å². The van der Waals surface area contributed by atoms with E-state index in [1.165, 1.54) is 13.4 Å². The summed E-state index contributed by atoms with van der Waals surface area (Å²) in [5, 5.41) is 13.6. The van der Waals surface area contributed by atoms with Gasteiger partial charge in [0.05, 0.1) is 0 Å². The largest absolute Gasteiger partial charge is 0.627 e. The number of aromatic nitrogens is 1. The summed E-state index contributed by atoms with van der Waals surface area (Å²) < 4.78 is 14.7. The SMILES string of the molecule is COc1[o+]cc(O)c2c(C)[n-][o+]c12. The van der Waals surface area contributed by atoms with Crippen molar-refractivity contribution in [1.29, 1.82) is 0 Å². The van der Waals surface area contributed by atoms with E-state index >= 15 is 0 Å². The zero-order chi connectivity index (χ0) is 9.42. The molecule has 0 aliphatic rings. The van der Waals surface area contributed by atoms with Crippen molar-refractivity contribution in [1.82, 2.24) is 5.16 Å². The fraction of sp³-hybridized carbons (Fsp3) is 0.250. The second kappa shape index (κ2) is 2.62. The van der Waals surface area contributed by atoms with Crippen LogP contribution in [0.2, 0.25) is 0 Å². The van der Waals surface area contributed by atoms with Crippen LogP contribution in [-0.2, 0) is 0 Å². The van der Waals surface area contributed by atoms with Crippen molar-refractivity contribution >= 4 is 11.0 Å². The molecule has 0 saturated carbocycles. The summed E-state index contributed by atoms with van der Waals surface area (Å²) in [6.07, 6.45) is 1.19.